The van der Waals surface area contributed by atoms with Crippen molar-refractivity contribution in [3.05, 3.63) is 29.6 Å². The lowest BCUT2D eigenvalue weighted by Crippen LogP contribution is -2.52. The van der Waals surface area contributed by atoms with Gasteiger partial charge in [0.15, 0.2) is 0 Å². The van der Waals surface area contributed by atoms with Gasteiger partial charge < -0.3 is 10.2 Å². The molecule has 0 unspecified atom stereocenters. The topological polar surface area (TPSA) is 76.9 Å². The molecule has 1 aromatic rings. The Labute approximate surface area is 112 Å². The molecule has 1 aliphatic rings. The quantitative estimate of drug-likeness (QED) is 0.791. The highest BCUT2D eigenvalue weighted by Crippen LogP contribution is 2.11. The third kappa shape index (κ3) is 3.50. The Morgan fingerprint density at radius 2 is 2.26 bits per heavy atom. The summed E-state index contributed by atoms with van der Waals surface area (Å²) in [6.07, 6.45) is 0. The van der Waals surface area contributed by atoms with E-state index in [0.29, 0.717) is 6.54 Å². The van der Waals surface area contributed by atoms with Gasteiger partial charge in [0.1, 0.15) is 5.69 Å². The summed E-state index contributed by atoms with van der Waals surface area (Å²) in [5.41, 5.74) is 0.825. The SMILES string of the molecule is CN1CCN(Cc2cccc(C(=O)O)n2)C[C@@H]1CO. The molecule has 2 N–H and O–H groups in total. The van der Waals surface area contributed by atoms with Crippen LogP contribution < -0.4 is 0 Å². The normalized spacial score (nSPS) is 21.5. The number of aliphatic hydroxyl groups is 1. The van der Waals surface area contributed by atoms with Gasteiger partial charge in [-0.1, -0.05) is 6.07 Å². The number of carbonyl (C=O) groups is 1. The number of likely N-dealkylation sites (N-methyl/N-ethyl adjacent to an activating group) is 1. The van der Waals surface area contributed by atoms with Crippen LogP contribution in [0.3, 0.4) is 0 Å². The number of piperazine rings is 1. The Balaban J connectivity index is 2.01. The lowest BCUT2D eigenvalue weighted by molar-refractivity contribution is 0.0533. The van der Waals surface area contributed by atoms with E-state index in [-0.39, 0.29) is 18.3 Å². The van der Waals surface area contributed by atoms with Gasteiger partial charge in [-0.2, -0.15) is 0 Å². The van der Waals surface area contributed by atoms with Crippen molar-refractivity contribution in [2.24, 2.45) is 0 Å². The number of nitrogens with zero attached hydrogens (tertiary/aromatic N) is 3. The molecule has 6 heteroatoms. The van der Waals surface area contributed by atoms with E-state index in [1.54, 1.807) is 6.07 Å². The predicted molar refractivity (Wildman–Crippen MR) is 70.0 cm³/mol. The summed E-state index contributed by atoms with van der Waals surface area (Å²) in [4.78, 5) is 19.3. The van der Waals surface area contributed by atoms with Crippen molar-refractivity contribution in [1.29, 1.82) is 0 Å². The van der Waals surface area contributed by atoms with E-state index in [9.17, 15) is 9.90 Å². The molecule has 0 radical (unpaired) electrons. The molecule has 1 aliphatic heterocycles. The molecule has 2 rings (SSSR count). The van der Waals surface area contributed by atoms with E-state index in [0.717, 1.165) is 25.3 Å². The average Bonchev–Trinajstić information content (AvgIpc) is 2.41. The lowest BCUT2D eigenvalue weighted by atomic mass is 10.2. The average molecular weight is 265 g/mol. The van der Waals surface area contributed by atoms with Crippen molar-refractivity contribution >= 4 is 5.97 Å². The molecule has 0 saturated carbocycles. The maximum atomic E-state index is 10.9. The molecule has 19 heavy (non-hydrogen) atoms. The van der Waals surface area contributed by atoms with Crippen molar-refractivity contribution in [2.75, 3.05) is 33.3 Å². The molecule has 0 amide bonds. The van der Waals surface area contributed by atoms with Crippen LogP contribution in [0.2, 0.25) is 0 Å². The molecule has 1 atom stereocenters. The summed E-state index contributed by atoms with van der Waals surface area (Å²) in [5.74, 6) is -1.01. The molecule has 1 fully saturated rings. The minimum atomic E-state index is -1.01. The Morgan fingerprint density at radius 3 is 2.95 bits per heavy atom. The number of aromatic nitrogens is 1. The molecule has 2 heterocycles. The third-order valence-corrected chi connectivity index (χ3v) is 3.48. The molecule has 0 bridgehead atoms. The Kier molecular flexibility index (Phi) is 4.47. The number of rotatable bonds is 4. The summed E-state index contributed by atoms with van der Waals surface area (Å²) in [7, 11) is 2.00. The number of aromatic carboxylic acids is 1. The van der Waals surface area contributed by atoms with Crippen LogP contribution in [0.15, 0.2) is 18.2 Å². The Hall–Kier alpha value is -1.50. The van der Waals surface area contributed by atoms with Crippen LogP contribution in [-0.2, 0) is 6.54 Å². The highest BCUT2D eigenvalue weighted by atomic mass is 16.4. The molecule has 6 nitrogen and oxygen atoms in total. The second kappa shape index (κ2) is 6.10. The van der Waals surface area contributed by atoms with Gasteiger partial charge in [-0.05, 0) is 19.2 Å². The first-order valence-corrected chi connectivity index (χ1v) is 6.33. The van der Waals surface area contributed by atoms with Crippen molar-refractivity contribution in [2.45, 2.75) is 12.6 Å². The summed E-state index contributed by atoms with van der Waals surface area (Å²) in [5, 5.41) is 18.2. The zero-order valence-corrected chi connectivity index (χ0v) is 11.0. The lowest BCUT2D eigenvalue weighted by Gasteiger charge is -2.38. The maximum Gasteiger partial charge on any atom is 0.354 e. The first-order valence-electron chi connectivity index (χ1n) is 6.33. The summed E-state index contributed by atoms with van der Waals surface area (Å²) in [6.45, 7) is 3.31. The van der Waals surface area contributed by atoms with Gasteiger partial charge in [0.25, 0.3) is 0 Å². The first-order chi connectivity index (χ1) is 9.10. The van der Waals surface area contributed by atoms with Gasteiger partial charge in [0.05, 0.1) is 12.3 Å². The standard InChI is InChI=1S/C13H19N3O3/c1-15-5-6-16(8-11(15)9-17)7-10-3-2-4-12(14-10)13(18)19/h2-4,11,17H,5-9H2,1H3,(H,18,19)/t11-/m1/s1. The Morgan fingerprint density at radius 1 is 1.47 bits per heavy atom. The number of carboxylic acids is 1. The van der Waals surface area contributed by atoms with Gasteiger partial charge in [0, 0.05) is 32.2 Å². The van der Waals surface area contributed by atoms with E-state index in [2.05, 4.69) is 14.8 Å². The smallest absolute Gasteiger partial charge is 0.354 e. The summed E-state index contributed by atoms with van der Waals surface area (Å²) >= 11 is 0. The second-order valence-electron chi connectivity index (χ2n) is 4.87. The molecular formula is C13H19N3O3. The van der Waals surface area contributed by atoms with E-state index in [1.165, 1.54) is 6.07 Å². The van der Waals surface area contributed by atoms with Crippen LogP contribution in [-0.4, -0.2) is 70.3 Å². The maximum absolute atomic E-state index is 10.9. The monoisotopic (exact) mass is 265 g/mol. The molecule has 104 valence electrons. The van der Waals surface area contributed by atoms with Crippen molar-refractivity contribution < 1.29 is 15.0 Å². The van der Waals surface area contributed by atoms with Crippen LogP contribution >= 0.6 is 0 Å². The van der Waals surface area contributed by atoms with E-state index >= 15 is 0 Å². The fraction of sp³-hybridized carbons (Fsp3) is 0.538. The minimum absolute atomic E-state index is 0.0744. The van der Waals surface area contributed by atoms with Crippen molar-refractivity contribution in [1.82, 2.24) is 14.8 Å². The molecule has 0 aromatic carbocycles. The van der Waals surface area contributed by atoms with E-state index < -0.39 is 5.97 Å². The molecule has 0 aliphatic carbocycles. The number of aliphatic hydroxyl groups excluding tert-OH is 1. The predicted octanol–water partition coefficient (Wildman–Crippen LogP) is -0.112. The second-order valence-corrected chi connectivity index (χ2v) is 4.87. The van der Waals surface area contributed by atoms with Crippen molar-refractivity contribution in [3.63, 3.8) is 0 Å². The first kappa shape index (κ1) is 13.9. The molecule has 1 aromatic heterocycles. The summed E-state index contributed by atoms with van der Waals surface area (Å²) < 4.78 is 0. The van der Waals surface area contributed by atoms with Gasteiger partial charge in [-0.15, -0.1) is 0 Å². The highest BCUT2D eigenvalue weighted by molar-refractivity contribution is 5.85. The number of hydrogen-bond donors (Lipinski definition) is 2. The van der Waals surface area contributed by atoms with E-state index in [4.69, 9.17) is 5.11 Å². The van der Waals surface area contributed by atoms with Crippen LogP contribution in [0, 0.1) is 0 Å². The Bertz CT molecular complexity index is 453. The summed E-state index contributed by atoms with van der Waals surface area (Å²) in [6, 6.07) is 5.17. The molecule has 0 spiro atoms. The number of hydrogen-bond acceptors (Lipinski definition) is 5. The molecule has 1 saturated heterocycles. The zero-order valence-electron chi connectivity index (χ0n) is 11.0. The van der Waals surface area contributed by atoms with Crippen LogP contribution in [0.4, 0.5) is 0 Å². The highest BCUT2D eigenvalue weighted by Gasteiger charge is 2.23. The minimum Gasteiger partial charge on any atom is -0.477 e. The van der Waals surface area contributed by atoms with Gasteiger partial charge in [0.2, 0.25) is 0 Å². The van der Waals surface area contributed by atoms with Crippen molar-refractivity contribution in [3.8, 4) is 0 Å². The number of pyridine rings is 1. The van der Waals surface area contributed by atoms with Gasteiger partial charge in [-0.25, -0.2) is 9.78 Å². The zero-order chi connectivity index (χ0) is 13.8. The number of carboxylic acid groups (broad SMARTS) is 1. The van der Waals surface area contributed by atoms with Crippen LogP contribution in [0.5, 0.6) is 0 Å². The third-order valence-electron chi connectivity index (χ3n) is 3.48. The fourth-order valence-corrected chi connectivity index (χ4v) is 2.27. The van der Waals surface area contributed by atoms with Crippen LogP contribution in [0.25, 0.3) is 0 Å². The molecular weight excluding hydrogens is 246 g/mol. The van der Waals surface area contributed by atoms with E-state index in [1.807, 2.05) is 13.1 Å². The largest absolute Gasteiger partial charge is 0.477 e. The fourth-order valence-electron chi connectivity index (χ4n) is 2.27. The van der Waals surface area contributed by atoms with Gasteiger partial charge in [-0.3, -0.25) is 9.80 Å². The van der Waals surface area contributed by atoms with Crippen LogP contribution in [0.1, 0.15) is 16.2 Å². The van der Waals surface area contributed by atoms with Gasteiger partial charge >= 0.3 is 5.97 Å².